The molecule has 3 aromatic carbocycles. The summed E-state index contributed by atoms with van der Waals surface area (Å²) in [5, 5.41) is 2.95. The summed E-state index contributed by atoms with van der Waals surface area (Å²) in [6.07, 6.45) is 0.815. The molecule has 152 valence electrons. The number of nitrogens with zero attached hydrogens (tertiary/aromatic N) is 1. The van der Waals surface area contributed by atoms with Gasteiger partial charge in [-0.3, -0.25) is 4.79 Å². The number of para-hydroxylation sites is 2. The van der Waals surface area contributed by atoms with E-state index in [1.165, 1.54) is 10.9 Å². The molecule has 0 aliphatic carbocycles. The largest absolute Gasteiger partial charge is 0.356 e. The number of hydrogen-bond acceptors (Lipinski definition) is 1. The van der Waals surface area contributed by atoms with E-state index in [1.54, 1.807) is 0 Å². The normalized spacial score (nSPS) is 16.0. The number of benzene rings is 3. The first-order valence-electron chi connectivity index (χ1n) is 10.4. The molecule has 5 heteroatoms. The number of carbonyl (C=O) groups is 1. The van der Waals surface area contributed by atoms with Crippen LogP contribution in [0.4, 0.5) is 0 Å². The maximum Gasteiger partial charge on any atom is 0.271 e. The van der Waals surface area contributed by atoms with Crippen molar-refractivity contribution in [3.63, 3.8) is 0 Å². The predicted molar refractivity (Wildman–Crippen MR) is 125 cm³/mol. The number of aromatic nitrogens is 2. The standard InChI is InChI=1S/C26H20ClN3O/c27-18-11-9-16(10-12-18)25-24-20(19-6-2-4-8-22(19)29-24)13-14-30(25)26(31)23-15-17-5-1-3-7-21(17)28-23/h1-12,15,25,28-29H,13-14H2. The summed E-state index contributed by atoms with van der Waals surface area (Å²) in [7, 11) is 0. The van der Waals surface area contributed by atoms with E-state index in [2.05, 4.69) is 28.2 Å². The molecule has 1 atom stereocenters. The predicted octanol–water partition coefficient (Wildman–Crippen LogP) is 6.09. The van der Waals surface area contributed by atoms with Crippen molar-refractivity contribution in [3.05, 3.63) is 106 Å². The van der Waals surface area contributed by atoms with E-state index in [1.807, 2.05) is 65.6 Å². The van der Waals surface area contributed by atoms with E-state index in [-0.39, 0.29) is 11.9 Å². The monoisotopic (exact) mass is 425 g/mol. The third-order valence-electron chi connectivity index (χ3n) is 6.24. The highest BCUT2D eigenvalue weighted by Crippen LogP contribution is 2.39. The fourth-order valence-corrected chi connectivity index (χ4v) is 4.92. The van der Waals surface area contributed by atoms with Crippen LogP contribution in [0.3, 0.4) is 0 Å². The van der Waals surface area contributed by atoms with Crippen molar-refractivity contribution in [2.24, 2.45) is 0 Å². The number of H-pyrrole nitrogens is 2. The molecule has 1 aliphatic rings. The Bertz CT molecular complexity index is 1400. The zero-order valence-corrected chi connectivity index (χ0v) is 17.5. The number of nitrogens with one attached hydrogen (secondary N) is 2. The molecule has 31 heavy (non-hydrogen) atoms. The first kappa shape index (κ1) is 18.3. The molecule has 0 fully saturated rings. The van der Waals surface area contributed by atoms with Gasteiger partial charge in [-0.25, -0.2) is 0 Å². The molecule has 2 aromatic heterocycles. The van der Waals surface area contributed by atoms with Crippen molar-refractivity contribution < 1.29 is 4.79 Å². The van der Waals surface area contributed by atoms with Gasteiger partial charge in [-0.1, -0.05) is 60.1 Å². The molecule has 0 radical (unpaired) electrons. The zero-order valence-electron chi connectivity index (χ0n) is 16.7. The average molecular weight is 426 g/mol. The van der Waals surface area contributed by atoms with E-state index in [0.717, 1.165) is 34.1 Å². The number of rotatable bonds is 2. The van der Waals surface area contributed by atoms with Gasteiger partial charge in [0.15, 0.2) is 0 Å². The smallest absolute Gasteiger partial charge is 0.271 e. The van der Waals surface area contributed by atoms with Crippen LogP contribution >= 0.6 is 11.6 Å². The maximum absolute atomic E-state index is 13.7. The number of carbonyl (C=O) groups excluding carboxylic acids is 1. The first-order chi connectivity index (χ1) is 15.2. The molecular formula is C26H20ClN3O. The quantitative estimate of drug-likeness (QED) is 0.353. The highest BCUT2D eigenvalue weighted by atomic mass is 35.5. The van der Waals surface area contributed by atoms with Gasteiger partial charge in [-0.05, 0) is 47.9 Å². The van der Waals surface area contributed by atoms with E-state index >= 15 is 0 Å². The number of aromatic amines is 2. The Labute approximate surface area is 184 Å². The lowest BCUT2D eigenvalue weighted by Gasteiger charge is -2.36. The summed E-state index contributed by atoms with van der Waals surface area (Å²) in [5.41, 5.74) is 6.10. The fourth-order valence-electron chi connectivity index (χ4n) is 4.79. The Kier molecular flexibility index (Phi) is 4.15. The second kappa shape index (κ2) is 7.03. The van der Waals surface area contributed by atoms with E-state index in [4.69, 9.17) is 11.6 Å². The van der Waals surface area contributed by atoms with Crippen LogP contribution in [0.1, 0.15) is 33.4 Å². The van der Waals surface area contributed by atoms with Gasteiger partial charge in [0.05, 0.1) is 6.04 Å². The van der Waals surface area contributed by atoms with Gasteiger partial charge in [-0.2, -0.15) is 0 Å². The molecule has 1 aliphatic heterocycles. The zero-order chi connectivity index (χ0) is 20.9. The van der Waals surface area contributed by atoms with Crippen LogP contribution in [-0.2, 0) is 6.42 Å². The molecule has 2 N–H and O–H groups in total. The van der Waals surface area contributed by atoms with Gasteiger partial charge in [0.2, 0.25) is 0 Å². The van der Waals surface area contributed by atoms with Crippen LogP contribution in [0.25, 0.3) is 21.8 Å². The van der Waals surface area contributed by atoms with E-state index < -0.39 is 0 Å². The minimum atomic E-state index is -0.202. The molecule has 5 aromatic rings. The SMILES string of the molecule is O=C(c1cc2ccccc2[nH]1)N1CCc2c([nH]c3ccccc23)C1c1ccc(Cl)cc1. The highest BCUT2D eigenvalue weighted by molar-refractivity contribution is 6.30. The Hall–Kier alpha value is -3.50. The molecule has 3 heterocycles. The van der Waals surface area contributed by atoms with Crippen LogP contribution in [0.2, 0.25) is 5.02 Å². The molecule has 1 unspecified atom stereocenters. The topological polar surface area (TPSA) is 51.9 Å². The van der Waals surface area contributed by atoms with Crippen LogP contribution in [-0.4, -0.2) is 27.3 Å². The van der Waals surface area contributed by atoms with Gasteiger partial charge in [-0.15, -0.1) is 0 Å². The molecule has 4 nitrogen and oxygen atoms in total. The lowest BCUT2D eigenvalue weighted by Crippen LogP contribution is -2.40. The summed E-state index contributed by atoms with van der Waals surface area (Å²) in [5.74, 6) is 0.000422. The molecule has 0 saturated carbocycles. The summed E-state index contributed by atoms with van der Waals surface area (Å²) in [6, 6.07) is 25.9. The van der Waals surface area contributed by atoms with Crippen LogP contribution in [0, 0.1) is 0 Å². The molecule has 0 bridgehead atoms. The minimum absolute atomic E-state index is 0.000422. The van der Waals surface area contributed by atoms with Crippen molar-refractivity contribution in [1.82, 2.24) is 14.9 Å². The Morgan fingerprint density at radius 3 is 2.45 bits per heavy atom. The summed E-state index contributed by atoms with van der Waals surface area (Å²) >= 11 is 6.16. The average Bonchev–Trinajstić information content (AvgIpc) is 3.40. The maximum atomic E-state index is 13.7. The molecule has 0 spiro atoms. The second-order valence-electron chi connectivity index (χ2n) is 8.04. The van der Waals surface area contributed by atoms with Crippen molar-refractivity contribution in [3.8, 4) is 0 Å². The summed E-state index contributed by atoms with van der Waals surface area (Å²) in [6.45, 7) is 0.649. The van der Waals surface area contributed by atoms with Crippen LogP contribution in [0.15, 0.2) is 78.9 Å². The third kappa shape index (κ3) is 2.94. The van der Waals surface area contributed by atoms with Crippen molar-refractivity contribution in [2.45, 2.75) is 12.5 Å². The van der Waals surface area contributed by atoms with Crippen molar-refractivity contribution in [1.29, 1.82) is 0 Å². The minimum Gasteiger partial charge on any atom is -0.356 e. The highest BCUT2D eigenvalue weighted by Gasteiger charge is 2.35. The van der Waals surface area contributed by atoms with Gasteiger partial charge in [0, 0.05) is 39.1 Å². The molecule has 6 rings (SSSR count). The van der Waals surface area contributed by atoms with E-state index in [9.17, 15) is 4.79 Å². The summed E-state index contributed by atoms with van der Waals surface area (Å²) < 4.78 is 0. The molecular weight excluding hydrogens is 406 g/mol. The van der Waals surface area contributed by atoms with Gasteiger partial charge in [0.1, 0.15) is 5.69 Å². The number of amides is 1. The first-order valence-corrected chi connectivity index (χ1v) is 10.8. The lowest BCUT2D eigenvalue weighted by molar-refractivity contribution is 0.0687. The van der Waals surface area contributed by atoms with Gasteiger partial charge < -0.3 is 14.9 Å². The van der Waals surface area contributed by atoms with Crippen molar-refractivity contribution >= 4 is 39.3 Å². The lowest BCUT2D eigenvalue weighted by atomic mass is 9.92. The number of halogens is 1. The van der Waals surface area contributed by atoms with Crippen molar-refractivity contribution in [2.75, 3.05) is 6.54 Å². The molecule has 1 amide bonds. The molecule has 0 saturated heterocycles. The van der Waals surface area contributed by atoms with Gasteiger partial charge >= 0.3 is 0 Å². The fraction of sp³-hybridized carbons (Fsp3) is 0.115. The number of fused-ring (bicyclic) bond motifs is 4. The Balaban J connectivity index is 1.50. The Morgan fingerprint density at radius 2 is 1.65 bits per heavy atom. The van der Waals surface area contributed by atoms with E-state index in [0.29, 0.717) is 17.3 Å². The summed E-state index contributed by atoms with van der Waals surface area (Å²) in [4.78, 5) is 22.6. The van der Waals surface area contributed by atoms with Crippen LogP contribution in [0.5, 0.6) is 0 Å². The Morgan fingerprint density at radius 1 is 0.903 bits per heavy atom. The van der Waals surface area contributed by atoms with Gasteiger partial charge in [0.25, 0.3) is 5.91 Å². The van der Waals surface area contributed by atoms with Crippen LogP contribution < -0.4 is 0 Å². The second-order valence-corrected chi connectivity index (χ2v) is 8.47. The third-order valence-corrected chi connectivity index (χ3v) is 6.49. The number of hydrogen-bond donors (Lipinski definition) is 2.